The number of hydrogen-bond donors (Lipinski definition) is 1. The molecule has 0 aromatic carbocycles. The van der Waals surface area contributed by atoms with E-state index in [9.17, 15) is 4.79 Å². The standard InChI is InChI=1S/C15H24N4O2/c1-3-4-5-6-16-15(20)13-11-14(18-12(2)17-13)19-7-9-21-10-8-19/h11H,3-10H2,1-2H3,(H,16,20). The van der Waals surface area contributed by atoms with Gasteiger partial charge in [0, 0.05) is 25.7 Å². The first-order valence-electron chi connectivity index (χ1n) is 7.67. The first-order valence-corrected chi connectivity index (χ1v) is 7.67. The molecule has 1 N–H and O–H groups in total. The van der Waals surface area contributed by atoms with Crippen molar-refractivity contribution in [2.45, 2.75) is 33.1 Å². The molecule has 2 rings (SSSR count). The van der Waals surface area contributed by atoms with Crippen molar-refractivity contribution in [3.63, 3.8) is 0 Å². The van der Waals surface area contributed by atoms with E-state index in [2.05, 4.69) is 27.1 Å². The number of amides is 1. The summed E-state index contributed by atoms with van der Waals surface area (Å²) < 4.78 is 5.34. The Hall–Kier alpha value is -1.69. The van der Waals surface area contributed by atoms with Crippen molar-refractivity contribution in [1.82, 2.24) is 15.3 Å². The summed E-state index contributed by atoms with van der Waals surface area (Å²) in [5.41, 5.74) is 0.445. The Balaban J connectivity index is 2.01. The van der Waals surface area contributed by atoms with Crippen LogP contribution in [0.4, 0.5) is 5.82 Å². The number of nitrogens with zero attached hydrogens (tertiary/aromatic N) is 3. The van der Waals surface area contributed by atoms with Crippen molar-refractivity contribution < 1.29 is 9.53 Å². The van der Waals surface area contributed by atoms with Crippen LogP contribution in [-0.2, 0) is 4.74 Å². The minimum absolute atomic E-state index is 0.119. The molecule has 6 nitrogen and oxygen atoms in total. The van der Waals surface area contributed by atoms with Gasteiger partial charge in [-0.3, -0.25) is 4.79 Å². The average Bonchev–Trinajstić information content (AvgIpc) is 2.51. The summed E-state index contributed by atoms with van der Waals surface area (Å²) in [5.74, 6) is 1.31. The van der Waals surface area contributed by atoms with Gasteiger partial charge in [-0.1, -0.05) is 19.8 Å². The second kappa shape index (κ2) is 7.93. The Labute approximate surface area is 125 Å². The molecule has 6 heteroatoms. The molecular weight excluding hydrogens is 268 g/mol. The Morgan fingerprint density at radius 1 is 1.33 bits per heavy atom. The normalized spacial score (nSPS) is 15.0. The van der Waals surface area contributed by atoms with Crippen molar-refractivity contribution in [2.24, 2.45) is 0 Å². The fourth-order valence-electron chi connectivity index (χ4n) is 2.29. The number of aromatic nitrogens is 2. The fourth-order valence-corrected chi connectivity index (χ4v) is 2.29. The van der Waals surface area contributed by atoms with E-state index in [0.717, 1.165) is 38.2 Å². The molecular formula is C15H24N4O2. The fraction of sp³-hybridized carbons (Fsp3) is 0.667. The van der Waals surface area contributed by atoms with Gasteiger partial charge >= 0.3 is 0 Å². The van der Waals surface area contributed by atoms with Crippen LogP contribution in [0.3, 0.4) is 0 Å². The number of aryl methyl sites for hydroxylation is 1. The van der Waals surface area contributed by atoms with Crippen LogP contribution >= 0.6 is 0 Å². The van der Waals surface area contributed by atoms with Gasteiger partial charge in [0.25, 0.3) is 5.91 Å². The maximum absolute atomic E-state index is 12.2. The Bertz CT molecular complexity index is 473. The molecule has 1 fully saturated rings. The highest BCUT2D eigenvalue weighted by Gasteiger charge is 2.16. The van der Waals surface area contributed by atoms with Crippen LogP contribution in [0, 0.1) is 6.92 Å². The van der Waals surface area contributed by atoms with Crippen molar-refractivity contribution >= 4 is 11.7 Å². The van der Waals surface area contributed by atoms with Crippen LogP contribution < -0.4 is 10.2 Å². The summed E-state index contributed by atoms with van der Waals surface area (Å²) in [4.78, 5) is 23.0. The summed E-state index contributed by atoms with van der Waals surface area (Å²) in [7, 11) is 0. The SMILES string of the molecule is CCCCCNC(=O)c1cc(N2CCOCC2)nc(C)n1. The first-order chi connectivity index (χ1) is 10.2. The lowest BCUT2D eigenvalue weighted by atomic mass is 10.2. The summed E-state index contributed by atoms with van der Waals surface area (Å²) in [6.45, 7) is 7.65. The Kier molecular flexibility index (Phi) is 5.92. The van der Waals surface area contributed by atoms with Crippen LogP contribution in [0.25, 0.3) is 0 Å². The molecule has 21 heavy (non-hydrogen) atoms. The molecule has 2 heterocycles. The molecule has 0 saturated carbocycles. The molecule has 1 aromatic heterocycles. The van der Waals surface area contributed by atoms with Gasteiger partial charge < -0.3 is 15.0 Å². The monoisotopic (exact) mass is 292 g/mol. The summed E-state index contributed by atoms with van der Waals surface area (Å²) in [6.07, 6.45) is 3.27. The summed E-state index contributed by atoms with van der Waals surface area (Å²) >= 11 is 0. The van der Waals surface area contributed by atoms with E-state index >= 15 is 0 Å². The molecule has 116 valence electrons. The zero-order chi connectivity index (χ0) is 15.1. The number of unbranched alkanes of at least 4 members (excludes halogenated alkanes) is 2. The Morgan fingerprint density at radius 3 is 2.81 bits per heavy atom. The van der Waals surface area contributed by atoms with Crippen LogP contribution in [0.2, 0.25) is 0 Å². The van der Waals surface area contributed by atoms with Gasteiger partial charge in [-0.05, 0) is 13.3 Å². The van der Waals surface area contributed by atoms with Crippen LogP contribution in [0.1, 0.15) is 42.5 Å². The number of rotatable bonds is 6. The molecule has 1 aliphatic rings. The highest BCUT2D eigenvalue weighted by molar-refractivity contribution is 5.92. The number of ether oxygens (including phenoxy) is 1. The van der Waals surface area contributed by atoms with Gasteiger partial charge in [0.05, 0.1) is 13.2 Å². The largest absolute Gasteiger partial charge is 0.378 e. The number of anilines is 1. The lowest BCUT2D eigenvalue weighted by Crippen LogP contribution is -2.37. The van der Waals surface area contributed by atoms with E-state index in [1.165, 1.54) is 0 Å². The lowest BCUT2D eigenvalue weighted by molar-refractivity contribution is 0.0947. The van der Waals surface area contributed by atoms with E-state index in [1.807, 2.05) is 6.92 Å². The predicted molar refractivity (Wildman–Crippen MR) is 81.7 cm³/mol. The van der Waals surface area contributed by atoms with Gasteiger partial charge in [-0.2, -0.15) is 0 Å². The van der Waals surface area contributed by atoms with Crippen molar-refractivity contribution in [3.05, 3.63) is 17.6 Å². The minimum atomic E-state index is -0.119. The molecule has 0 spiro atoms. The van der Waals surface area contributed by atoms with E-state index in [1.54, 1.807) is 6.07 Å². The van der Waals surface area contributed by atoms with Crippen molar-refractivity contribution in [2.75, 3.05) is 37.7 Å². The molecule has 0 unspecified atom stereocenters. The Morgan fingerprint density at radius 2 is 2.10 bits per heavy atom. The molecule has 1 aliphatic heterocycles. The molecule has 1 amide bonds. The predicted octanol–water partition coefficient (Wildman–Crippen LogP) is 1.54. The average molecular weight is 292 g/mol. The summed E-state index contributed by atoms with van der Waals surface area (Å²) in [6, 6.07) is 1.77. The number of carbonyl (C=O) groups excluding carboxylic acids is 1. The molecule has 0 atom stereocenters. The zero-order valence-corrected chi connectivity index (χ0v) is 12.9. The van der Waals surface area contributed by atoms with Gasteiger partial charge in [0.1, 0.15) is 17.3 Å². The van der Waals surface area contributed by atoms with E-state index in [-0.39, 0.29) is 5.91 Å². The van der Waals surface area contributed by atoms with Gasteiger partial charge in [0.15, 0.2) is 0 Å². The third-order valence-corrected chi connectivity index (χ3v) is 3.46. The van der Waals surface area contributed by atoms with Crippen molar-refractivity contribution in [3.8, 4) is 0 Å². The third kappa shape index (κ3) is 4.67. The van der Waals surface area contributed by atoms with E-state index in [0.29, 0.717) is 31.3 Å². The molecule has 1 aromatic rings. The van der Waals surface area contributed by atoms with Crippen LogP contribution in [0.15, 0.2) is 6.07 Å². The summed E-state index contributed by atoms with van der Waals surface area (Å²) in [5, 5.41) is 2.92. The first kappa shape index (κ1) is 15.7. The number of nitrogens with one attached hydrogen (secondary N) is 1. The van der Waals surface area contributed by atoms with Crippen LogP contribution in [0.5, 0.6) is 0 Å². The van der Waals surface area contributed by atoms with Gasteiger partial charge in [-0.25, -0.2) is 9.97 Å². The van der Waals surface area contributed by atoms with E-state index in [4.69, 9.17) is 4.74 Å². The van der Waals surface area contributed by atoms with E-state index < -0.39 is 0 Å². The molecule has 0 bridgehead atoms. The maximum atomic E-state index is 12.2. The second-order valence-electron chi connectivity index (χ2n) is 5.22. The smallest absolute Gasteiger partial charge is 0.270 e. The molecule has 1 saturated heterocycles. The topological polar surface area (TPSA) is 67.4 Å². The van der Waals surface area contributed by atoms with Crippen molar-refractivity contribution in [1.29, 1.82) is 0 Å². The molecule has 0 radical (unpaired) electrons. The number of hydrogen-bond acceptors (Lipinski definition) is 5. The molecule has 0 aliphatic carbocycles. The second-order valence-corrected chi connectivity index (χ2v) is 5.22. The lowest BCUT2D eigenvalue weighted by Gasteiger charge is -2.28. The quantitative estimate of drug-likeness (QED) is 0.806. The highest BCUT2D eigenvalue weighted by Crippen LogP contribution is 2.14. The van der Waals surface area contributed by atoms with Crippen LogP contribution in [-0.4, -0.2) is 48.7 Å². The van der Waals surface area contributed by atoms with Gasteiger partial charge in [0.2, 0.25) is 0 Å². The van der Waals surface area contributed by atoms with Gasteiger partial charge in [-0.15, -0.1) is 0 Å². The zero-order valence-electron chi connectivity index (χ0n) is 12.9. The highest BCUT2D eigenvalue weighted by atomic mass is 16.5. The number of morpholine rings is 1. The third-order valence-electron chi connectivity index (χ3n) is 3.46. The number of carbonyl (C=O) groups is 1. The maximum Gasteiger partial charge on any atom is 0.270 e. The minimum Gasteiger partial charge on any atom is -0.378 e.